The van der Waals surface area contributed by atoms with Gasteiger partial charge in [-0.2, -0.15) is 85.8 Å². The molecule has 0 amide bonds. The van der Waals surface area contributed by atoms with Crippen LogP contribution in [-0.2, 0) is 98.1 Å². The molecule has 0 bridgehead atoms. The maximum Gasteiger partial charge on any atom is 0 e. The van der Waals surface area contributed by atoms with E-state index in [4.69, 9.17) is 10.3 Å². The van der Waals surface area contributed by atoms with Crippen molar-refractivity contribution in [1.29, 1.82) is 10.3 Å². The number of rotatable bonds is 3. The van der Waals surface area contributed by atoms with Crippen molar-refractivity contribution < 1.29 is 98.1 Å². The Morgan fingerprint density at radius 2 is 0.750 bits per heavy atom. The maximum atomic E-state index is 5.56. The Balaban J connectivity index is -0.0000000179. The molecular weight excluding hydrogens is 737 g/mol. The molecule has 0 fully saturated rings. The molecule has 0 rings (SSSR count). The van der Waals surface area contributed by atoms with E-state index in [2.05, 4.69) is 112 Å². The Morgan fingerprint density at radius 1 is 0.625 bits per heavy atom. The van der Waals surface area contributed by atoms with E-state index >= 15 is 0 Å². The van der Waals surface area contributed by atoms with Crippen LogP contribution in [0.3, 0.4) is 0 Å². The van der Waals surface area contributed by atoms with Gasteiger partial charge in [0, 0.05) is 98.1 Å². The van der Waals surface area contributed by atoms with Crippen LogP contribution in [0.5, 0.6) is 0 Å². The van der Waals surface area contributed by atoms with Crippen LogP contribution in [-0.4, -0.2) is 36.0 Å². The fourth-order valence-corrected chi connectivity index (χ4v) is 1.58. The Bertz CT molecular complexity index is 180. The quantitative estimate of drug-likeness (QED) is 0.221. The SMILES string of the molecule is C[C-](C)C.C[C-](C)C.C[C-](C)C.N=P.N=P.[CH2-]C(CSC)SC.[CH2-]SC.[CH2-]SC.[Y].[Y].[Y]. The molecule has 0 aliphatic rings. The zero-order valence-electron chi connectivity index (χ0n) is 23.3. The third kappa shape index (κ3) is 409. The normalized spacial score (nSPS) is 7.84. The van der Waals surface area contributed by atoms with Gasteiger partial charge in [0.15, 0.2) is 0 Å². The molecule has 0 aromatic carbocycles. The van der Waals surface area contributed by atoms with Crippen molar-refractivity contribution in [1.82, 2.24) is 0 Å². The monoisotopic (exact) mass is 789 g/mol. The molecule has 1 atom stereocenters. The number of hydrogen-bond acceptors (Lipinski definition) is 6. The molecule has 0 aliphatic carbocycles. The number of thioether (sulfide) groups is 4. The molecule has 0 spiro atoms. The summed E-state index contributed by atoms with van der Waals surface area (Å²) in [4.78, 5) is 0. The van der Waals surface area contributed by atoms with Gasteiger partial charge in [0.1, 0.15) is 0 Å². The van der Waals surface area contributed by atoms with Gasteiger partial charge in [-0.05, 0) is 48.8 Å². The first-order valence-electron chi connectivity index (χ1n) is 8.55. The van der Waals surface area contributed by atoms with E-state index in [0.717, 1.165) is 0 Å². The third-order valence-electron chi connectivity index (χ3n) is 0.686. The molecule has 2 N–H and O–H groups in total. The van der Waals surface area contributed by atoms with Crippen LogP contribution in [0.15, 0.2) is 0 Å². The van der Waals surface area contributed by atoms with Gasteiger partial charge in [0.2, 0.25) is 0 Å². The molecular formula is C21H52N2P2S4Y3-6. The molecule has 0 saturated carbocycles. The molecule has 0 aliphatic heterocycles. The summed E-state index contributed by atoms with van der Waals surface area (Å²) in [5, 5.41) is 11.7. The minimum atomic E-state index is 0. The van der Waals surface area contributed by atoms with E-state index in [9.17, 15) is 0 Å². The van der Waals surface area contributed by atoms with Crippen LogP contribution in [0.1, 0.15) is 62.3 Å². The molecule has 195 valence electrons. The van der Waals surface area contributed by atoms with Gasteiger partial charge in [-0.25, -0.2) is 0 Å². The summed E-state index contributed by atoms with van der Waals surface area (Å²) >= 11 is 6.67. The summed E-state index contributed by atoms with van der Waals surface area (Å²) in [5.74, 6) is 5.42. The topological polar surface area (TPSA) is 47.7 Å². The smallest absolute Gasteiger partial charge is 0 e. The van der Waals surface area contributed by atoms with Gasteiger partial charge in [-0.3, -0.25) is 22.8 Å². The van der Waals surface area contributed by atoms with Crippen molar-refractivity contribution in [2.75, 3.05) is 30.8 Å². The second-order valence-corrected chi connectivity index (χ2v) is 9.59. The summed E-state index contributed by atoms with van der Waals surface area (Å²) in [6.45, 7) is 22.6. The molecule has 2 nitrogen and oxygen atoms in total. The van der Waals surface area contributed by atoms with Crippen molar-refractivity contribution in [2.45, 2.75) is 67.6 Å². The zero-order valence-corrected chi connectivity index (χ0v) is 37.1. The Hall–Kier alpha value is 4.91. The van der Waals surface area contributed by atoms with Crippen LogP contribution in [0.25, 0.3) is 0 Å². The first-order chi connectivity index (χ1) is 13.3. The van der Waals surface area contributed by atoms with Gasteiger partial charge in [0.25, 0.3) is 0 Å². The minimum Gasteiger partial charge on any atom is -0.357 e. The number of nitrogens with one attached hydrogen (secondary N) is 2. The van der Waals surface area contributed by atoms with Crippen molar-refractivity contribution in [2.24, 2.45) is 0 Å². The van der Waals surface area contributed by atoms with Crippen LogP contribution in [0.4, 0.5) is 0 Å². The van der Waals surface area contributed by atoms with Gasteiger partial charge in [-0.15, -0.1) is 5.25 Å². The van der Waals surface area contributed by atoms with Gasteiger partial charge >= 0.3 is 0 Å². The average Bonchev–Trinajstić information content (AvgIpc) is 2.58. The fourth-order valence-electron chi connectivity index (χ4n) is 0.254. The molecule has 0 aromatic rings. The van der Waals surface area contributed by atoms with E-state index in [0.29, 0.717) is 5.25 Å². The first-order valence-corrected chi connectivity index (χ1v) is 15.0. The zero-order chi connectivity index (χ0) is 25.8. The predicted octanol–water partition coefficient (Wildman–Crippen LogP) is 10.8. The van der Waals surface area contributed by atoms with Crippen LogP contribution in [0.2, 0.25) is 0 Å². The minimum absolute atomic E-state index is 0. The summed E-state index contributed by atoms with van der Waals surface area (Å²) in [6.07, 6.45) is 14.9. The average molecular weight is 790 g/mol. The van der Waals surface area contributed by atoms with Crippen molar-refractivity contribution >= 4 is 65.1 Å². The fraction of sp³-hybridized carbons (Fsp3) is 0.714. The summed E-state index contributed by atoms with van der Waals surface area (Å²) < 4.78 is 0. The Morgan fingerprint density at radius 3 is 0.781 bits per heavy atom. The van der Waals surface area contributed by atoms with E-state index in [-0.39, 0.29) is 98.1 Å². The van der Waals surface area contributed by atoms with Crippen LogP contribution < -0.4 is 0 Å². The van der Waals surface area contributed by atoms with Crippen molar-refractivity contribution in [3.05, 3.63) is 37.2 Å². The molecule has 0 heterocycles. The second kappa shape index (κ2) is 91.2. The van der Waals surface area contributed by atoms with Gasteiger partial charge in [-0.1, -0.05) is 0 Å². The molecule has 1 unspecified atom stereocenters. The summed E-state index contributed by atoms with van der Waals surface area (Å²) in [7, 11) is 4.44. The molecule has 32 heavy (non-hydrogen) atoms. The maximum absolute atomic E-state index is 5.56. The van der Waals surface area contributed by atoms with E-state index in [1.807, 2.05) is 36.0 Å². The third-order valence-corrected chi connectivity index (χ3v) is 2.47. The van der Waals surface area contributed by atoms with E-state index in [1.54, 1.807) is 0 Å². The van der Waals surface area contributed by atoms with Crippen molar-refractivity contribution in [3.63, 3.8) is 0 Å². The van der Waals surface area contributed by atoms with Gasteiger partial charge in [0.05, 0.1) is 0 Å². The molecule has 0 aromatic heterocycles. The van der Waals surface area contributed by atoms with Gasteiger partial charge < -0.3 is 48.2 Å². The largest absolute Gasteiger partial charge is 0.357 e. The Kier molecular flexibility index (Phi) is 202. The summed E-state index contributed by atoms with van der Waals surface area (Å²) in [5.41, 5.74) is 0. The molecule has 0 saturated heterocycles. The van der Waals surface area contributed by atoms with E-state index in [1.165, 1.54) is 47.0 Å². The second-order valence-electron chi connectivity index (χ2n) is 6.39. The number of hydrogen-bond donors (Lipinski definition) is 2. The predicted molar refractivity (Wildman–Crippen MR) is 162 cm³/mol. The van der Waals surface area contributed by atoms with Crippen LogP contribution in [0, 0.1) is 47.5 Å². The first kappa shape index (κ1) is 70.9. The van der Waals surface area contributed by atoms with Crippen molar-refractivity contribution in [3.8, 4) is 0 Å². The van der Waals surface area contributed by atoms with Crippen LogP contribution >= 0.6 is 65.1 Å². The summed E-state index contributed by atoms with van der Waals surface area (Å²) in [6, 6.07) is 0. The molecule has 11 heteroatoms. The molecule has 3 radical (unpaired) electrons. The Labute approximate surface area is 304 Å². The van der Waals surface area contributed by atoms with E-state index < -0.39 is 0 Å². The standard InChI is InChI=1S/C5H11S2.3C4H9.2C2H5S.2H2NP.3Y/c1-5(7-3)4-6-2;3*1-4(2)3;2*1-3-2;2*1-2;;;/h5H,1,4H2,2-3H3;3*1-3H3;2*1H2,2H3;2*1-2H;;;/q6*-1;;;;;.